The lowest BCUT2D eigenvalue weighted by molar-refractivity contribution is -0.911. The van der Waals surface area contributed by atoms with Crippen LogP contribution in [-0.4, -0.2) is 23.6 Å². The van der Waals surface area contributed by atoms with E-state index in [1.165, 1.54) is 21.9 Å². The molecule has 140 valence electrons. The van der Waals surface area contributed by atoms with Crippen LogP contribution in [0.3, 0.4) is 0 Å². The molecular weight excluding hydrogens is 354 g/mol. The van der Waals surface area contributed by atoms with Gasteiger partial charge in [0.2, 0.25) is 0 Å². The van der Waals surface area contributed by atoms with Crippen LogP contribution in [0.5, 0.6) is 0 Å². The highest BCUT2D eigenvalue weighted by Crippen LogP contribution is 2.26. The first kappa shape index (κ1) is 18.0. The van der Waals surface area contributed by atoms with Crippen LogP contribution in [0, 0.1) is 0 Å². The number of hydrogen-bond donors (Lipinski definition) is 2. The van der Waals surface area contributed by atoms with Gasteiger partial charge >= 0.3 is 0 Å². The number of amides is 1. The Hall–Kier alpha value is -2.37. The maximum atomic E-state index is 12.9. The van der Waals surface area contributed by atoms with Gasteiger partial charge in [-0.3, -0.25) is 4.79 Å². The lowest BCUT2D eigenvalue weighted by atomic mass is 10.1. The van der Waals surface area contributed by atoms with Gasteiger partial charge in [-0.05, 0) is 29.1 Å². The molecule has 1 aromatic carbocycles. The van der Waals surface area contributed by atoms with Gasteiger partial charge in [-0.25, -0.2) is 0 Å². The van der Waals surface area contributed by atoms with Gasteiger partial charge in [0.15, 0.2) is 6.54 Å². The van der Waals surface area contributed by atoms with Crippen molar-refractivity contribution in [2.45, 2.75) is 24.9 Å². The molecule has 1 fully saturated rings. The fourth-order valence-corrected chi connectivity index (χ4v) is 4.96. The largest absolute Gasteiger partial charge is 0.350 e. The van der Waals surface area contributed by atoms with Crippen molar-refractivity contribution in [1.29, 1.82) is 0 Å². The van der Waals surface area contributed by atoms with Gasteiger partial charge in [0.1, 0.15) is 6.04 Å². The Morgan fingerprint density at radius 1 is 1.22 bits per heavy atom. The Balaban J connectivity index is 1.48. The number of likely N-dealkylation sites (tertiary alicyclic amines) is 1. The predicted molar refractivity (Wildman–Crippen MR) is 109 cm³/mol. The summed E-state index contributed by atoms with van der Waals surface area (Å²) in [6.07, 6.45) is 4.41. The quantitative estimate of drug-likeness (QED) is 0.678. The average Bonchev–Trinajstić information content (AvgIpc) is 3.42. The zero-order valence-electron chi connectivity index (χ0n) is 15.6. The van der Waals surface area contributed by atoms with Gasteiger partial charge in [-0.15, -0.1) is 11.3 Å². The number of aromatic nitrogens is 1. The second-order valence-corrected chi connectivity index (χ2v) is 8.23. The third kappa shape index (κ3) is 3.99. The van der Waals surface area contributed by atoms with Crippen molar-refractivity contribution in [2.24, 2.45) is 7.05 Å². The first-order chi connectivity index (χ1) is 13.2. The van der Waals surface area contributed by atoms with Crippen molar-refractivity contribution in [3.63, 3.8) is 0 Å². The molecule has 0 spiro atoms. The van der Waals surface area contributed by atoms with Crippen LogP contribution in [0.4, 0.5) is 0 Å². The summed E-state index contributed by atoms with van der Waals surface area (Å²) in [5, 5.41) is 5.35. The SMILES string of the molecule is Cn1cccc1[C@H]1CCC[NH+]1CC(=O)N[C@@H](c1ccccc1)c1cccs1. The first-order valence-corrected chi connectivity index (χ1v) is 10.4. The van der Waals surface area contributed by atoms with E-state index in [2.05, 4.69) is 58.8 Å². The molecule has 0 saturated carbocycles. The number of aryl methyl sites for hydroxylation is 1. The topological polar surface area (TPSA) is 38.5 Å². The van der Waals surface area contributed by atoms with Crippen LogP contribution in [0.15, 0.2) is 66.2 Å². The standard InChI is InChI=1S/C22H25N3OS/c1-24-13-5-10-18(24)19-11-6-14-25(19)16-21(26)23-22(20-12-7-15-27-20)17-8-3-2-4-9-17/h2-5,7-10,12-13,15,19,22H,6,11,14,16H2,1H3,(H,23,26)/p+1/t19-,22+/m1/s1. The molecule has 5 heteroatoms. The fourth-order valence-electron chi connectivity index (χ4n) is 4.15. The van der Waals surface area contributed by atoms with E-state index in [1.54, 1.807) is 11.3 Å². The molecule has 4 nitrogen and oxygen atoms in total. The molecule has 2 N–H and O–H groups in total. The number of thiophene rings is 1. The fraction of sp³-hybridized carbons (Fsp3) is 0.318. The molecule has 1 aliphatic heterocycles. The Kier molecular flexibility index (Phi) is 5.41. The summed E-state index contributed by atoms with van der Waals surface area (Å²) in [5.41, 5.74) is 2.46. The van der Waals surface area contributed by atoms with E-state index in [4.69, 9.17) is 0 Å². The van der Waals surface area contributed by atoms with Crippen LogP contribution in [0.1, 0.15) is 41.1 Å². The minimum atomic E-state index is -0.0748. The molecule has 2 aromatic heterocycles. The van der Waals surface area contributed by atoms with Crippen LogP contribution >= 0.6 is 11.3 Å². The van der Waals surface area contributed by atoms with Crippen LogP contribution in [-0.2, 0) is 11.8 Å². The van der Waals surface area contributed by atoms with Gasteiger partial charge in [-0.2, -0.15) is 0 Å². The van der Waals surface area contributed by atoms with Gasteiger partial charge in [0.05, 0.1) is 18.3 Å². The molecule has 3 atom stereocenters. The highest BCUT2D eigenvalue weighted by atomic mass is 32.1. The number of quaternary nitrogens is 1. The van der Waals surface area contributed by atoms with E-state index in [1.807, 2.05) is 24.3 Å². The molecule has 1 aliphatic rings. The van der Waals surface area contributed by atoms with Gasteiger partial charge in [0, 0.05) is 31.0 Å². The van der Waals surface area contributed by atoms with E-state index < -0.39 is 0 Å². The number of nitrogens with zero attached hydrogens (tertiary/aromatic N) is 1. The number of rotatable bonds is 6. The lowest BCUT2D eigenvalue weighted by Gasteiger charge is -2.23. The smallest absolute Gasteiger partial charge is 0.275 e. The third-order valence-electron chi connectivity index (χ3n) is 5.48. The highest BCUT2D eigenvalue weighted by molar-refractivity contribution is 7.10. The molecule has 1 amide bonds. The number of carbonyl (C=O) groups is 1. The van der Waals surface area contributed by atoms with Crippen molar-refractivity contribution >= 4 is 17.2 Å². The maximum absolute atomic E-state index is 12.9. The number of carbonyl (C=O) groups excluding carboxylic acids is 1. The molecule has 3 heterocycles. The molecule has 3 aromatic rings. The number of nitrogens with one attached hydrogen (secondary N) is 2. The Morgan fingerprint density at radius 2 is 2.07 bits per heavy atom. The van der Waals surface area contributed by atoms with Crippen molar-refractivity contribution < 1.29 is 9.69 Å². The molecule has 27 heavy (non-hydrogen) atoms. The second-order valence-electron chi connectivity index (χ2n) is 7.25. The normalized spacial score (nSPS) is 20.5. The van der Waals surface area contributed by atoms with Crippen LogP contribution in [0.25, 0.3) is 0 Å². The van der Waals surface area contributed by atoms with E-state index in [9.17, 15) is 4.79 Å². The summed E-state index contributed by atoms with van der Waals surface area (Å²) >= 11 is 1.69. The summed E-state index contributed by atoms with van der Waals surface area (Å²) < 4.78 is 2.19. The minimum absolute atomic E-state index is 0.0748. The average molecular weight is 381 g/mol. The monoisotopic (exact) mass is 380 g/mol. The van der Waals surface area contributed by atoms with Crippen molar-refractivity contribution in [1.82, 2.24) is 9.88 Å². The maximum Gasteiger partial charge on any atom is 0.275 e. The van der Waals surface area contributed by atoms with E-state index >= 15 is 0 Å². The van der Waals surface area contributed by atoms with E-state index in [-0.39, 0.29) is 11.9 Å². The Labute approximate surface area is 164 Å². The highest BCUT2D eigenvalue weighted by Gasteiger charge is 2.33. The summed E-state index contributed by atoms with van der Waals surface area (Å²) in [4.78, 5) is 15.5. The van der Waals surface area contributed by atoms with Gasteiger partial charge in [0.25, 0.3) is 5.91 Å². The summed E-state index contributed by atoms with van der Waals surface area (Å²) in [7, 11) is 2.09. The molecule has 1 unspecified atom stereocenters. The van der Waals surface area contributed by atoms with Crippen LogP contribution < -0.4 is 10.2 Å². The van der Waals surface area contributed by atoms with Crippen molar-refractivity contribution in [2.75, 3.05) is 13.1 Å². The minimum Gasteiger partial charge on any atom is -0.350 e. The van der Waals surface area contributed by atoms with Gasteiger partial charge in [-0.1, -0.05) is 36.4 Å². The van der Waals surface area contributed by atoms with Crippen molar-refractivity contribution in [3.8, 4) is 0 Å². The predicted octanol–water partition coefficient (Wildman–Crippen LogP) is 2.71. The molecule has 0 aliphatic carbocycles. The van der Waals surface area contributed by atoms with E-state index in [0.717, 1.165) is 18.5 Å². The lowest BCUT2D eigenvalue weighted by Crippen LogP contribution is -3.11. The molecule has 0 radical (unpaired) electrons. The summed E-state index contributed by atoms with van der Waals surface area (Å²) in [5.74, 6) is 0.119. The Morgan fingerprint density at radius 3 is 2.78 bits per heavy atom. The molecule has 4 rings (SSSR count). The second kappa shape index (κ2) is 8.11. The Bertz CT molecular complexity index is 872. The van der Waals surface area contributed by atoms with Crippen molar-refractivity contribution in [3.05, 3.63) is 82.3 Å². The number of benzene rings is 1. The van der Waals surface area contributed by atoms with Crippen LogP contribution in [0.2, 0.25) is 0 Å². The van der Waals surface area contributed by atoms with E-state index in [0.29, 0.717) is 12.6 Å². The molecular formula is C22H26N3OS+. The zero-order chi connectivity index (χ0) is 18.6. The zero-order valence-corrected chi connectivity index (χ0v) is 16.4. The third-order valence-corrected chi connectivity index (χ3v) is 6.42. The molecule has 0 bridgehead atoms. The first-order valence-electron chi connectivity index (χ1n) is 9.56. The summed E-state index contributed by atoms with van der Waals surface area (Å²) in [6, 6.07) is 19.0. The molecule has 1 saturated heterocycles. The van der Waals surface area contributed by atoms with Gasteiger partial charge < -0.3 is 14.8 Å². The summed E-state index contributed by atoms with van der Waals surface area (Å²) in [6.45, 7) is 1.57. The number of hydrogen-bond acceptors (Lipinski definition) is 2.